The van der Waals surface area contributed by atoms with Crippen molar-refractivity contribution < 1.29 is 21.3 Å². The molecule has 3 rings (SSSR count). The Kier molecular flexibility index (Phi) is 5.89. The molecule has 3 aromatic rings. The van der Waals surface area contributed by atoms with Gasteiger partial charge in [0.1, 0.15) is 10.6 Å². The normalized spacial score (nSPS) is 12.4. The number of aryl methyl sites for hydroxylation is 2. The molecule has 0 aliphatic rings. The molecule has 1 aromatic carbocycles. The van der Waals surface area contributed by atoms with Gasteiger partial charge in [-0.15, -0.1) is 10.2 Å². The van der Waals surface area contributed by atoms with E-state index in [4.69, 9.17) is 9.56 Å². The number of aromatic nitrogens is 3. The minimum Gasteiger partial charge on any atom is -0.419 e. The van der Waals surface area contributed by atoms with Gasteiger partial charge in [-0.25, -0.2) is 26.7 Å². The molecule has 0 spiro atoms. The molecule has 0 unspecified atom stereocenters. The van der Waals surface area contributed by atoms with Crippen molar-refractivity contribution in [3.05, 3.63) is 48.0 Å². The maximum absolute atomic E-state index is 12.6. The molecule has 29 heavy (non-hydrogen) atoms. The first-order valence-corrected chi connectivity index (χ1v) is 11.7. The Hall–Kier alpha value is -2.54. The first-order chi connectivity index (χ1) is 13.6. The van der Waals surface area contributed by atoms with E-state index in [0.29, 0.717) is 24.4 Å². The zero-order valence-electron chi connectivity index (χ0n) is 15.9. The lowest BCUT2D eigenvalue weighted by Crippen LogP contribution is -2.25. The number of nitrogens with zero attached hydrogens (tertiary/aromatic N) is 3. The summed E-state index contributed by atoms with van der Waals surface area (Å²) in [5.41, 5.74) is 1.27. The molecule has 0 radical (unpaired) electrons. The average Bonchev–Trinajstić information content (AvgIpc) is 3.28. The minimum atomic E-state index is -3.76. The number of primary sulfonamides is 1. The lowest BCUT2D eigenvalue weighted by atomic mass is 10.2. The van der Waals surface area contributed by atoms with Crippen LogP contribution in [0.1, 0.15) is 18.4 Å². The van der Waals surface area contributed by atoms with Gasteiger partial charge in [-0.2, -0.15) is 0 Å². The minimum absolute atomic E-state index is 0.00546. The van der Waals surface area contributed by atoms with E-state index in [1.54, 1.807) is 23.7 Å². The van der Waals surface area contributed by atoms with Crippen LogP contribution in [0.2, 0.25) is 0 Å². The largest absolute Gasteiger partial charge is 0.419 e. The highest BCUT2D eigenvalue weighted by molar-refractivity contribution is 7.89. The Bertz CT molecular complexity index is 1210. The Morgan fingerprint density at radius 2 is 1.79 bits per heavy atom. The predicted octanol–water partition coefficient (Wildman–Crippen LogP) is 0.806. The summed E-state index contributed by atoms with van der Waals surface area (Å²) in [6, 6.07) is 7.43. The summed E-state index contributed by atoms with van der Waals surface area (Å²) < 4.78 is 57.3. The number of nitrogens with one attached hydrogen (secondary N) is 1. The molecule has 0 saturated carbocycles. The third-order valence-electron chi connectivity index (χ3n) is 4.24. The molecule has 10 nitrogen and oxygen atoms in total. The van der Waals surface area contributed by atoms with E-state index < -0.39 is 20.0 Å². The van der Waals surface area contributed by atoms with E-state index >= 15 is 0 Å². The fourth-order valence-electron chi connectivity index (χ4n) is 2.65. The maximum Gasteiger partial charge on any atom is 0.264 e. The number of nitrogens with two attached hydrogens (primary N) is 1. The molecule has 0 fully saturated rings. The van der Waals surface area contributed by atoms with E-state index in [-0.39, 0.29) is 22.2 Å². The Balaban J connectivity index is 1.68. The summed E-state index contributed by atoms with van der Waals surface area (Å²) >= 11 is 0. The summed E-state index contributed by atoms with van der Waals surface area (Å²) in [4.78, 5) is 0.0849. The van der Waals surface area contributed by atoms with Crippen molar-refractivity contribution in [2.24, 2.45) is 12.2 Å². The Labute approximate surface area is 168 Å². The first kappa shape index (κ1) is 21.2. The van der Waals surface area contributed by atoms with Crippen molar-refractivity contribution in [2.75, 3.05) is 6.54 Å². The van der Waals surface area contributed by atoms with Crippen LogP contribution in [0.25, 0.3) is 11.6 Å². The molecular formula is C17H21N5O5S2. The molecule has 0 saturated heterocycles. The number of benzene rings is 1. The molecule has 0 bridgehead atoms. The summed E-state index contributed by atoms with van der Waals surface area (Å²) in [5.74, 6) is 0.720. The topological polar surface area (TPSA) is 150 Å². The Morgan fingerprint density at radius 3 is 2.38 bits per heavy atom. The molecule has 12 heteroatoms. The second-order valence-corrected chi connectivity index (χ2v) is 9.69. The second-order valence-electron chi connectivity index (χ2n) is 6.36. The zero-order valence-corrected chi connectivity index (χ0v) is 17.5. The van der Waals surface area contributed by atoms with E-state index in [0.717, 1.165) is 5.56 Å². The molecular weight excluding hydrogens is 418 g/mol. The quantitative estimate of drug-likeness (QED) is 0.527. The molecule has 3 N–H and O–H groups in total. The predicted molar refractivity (Wildman–Crippen MR) is 105 cm³/mol. The van der Waals surface area contributed by atoms with Gasteiger partial charge < -0.3 is 8.98 Å². The van der Waals surface area contributed by atoms with Gasteiger partial charge in [0.25, 0.3) is 5.89 Å². The van der Waals surface area contributed by atoms with Crippen LogP contribution in [0.15, 0.2) is 50.7 Å². The van der Waals surface area contributed by atoms with Gasteiger partial charge in [-0.3, -0.25) is 0 Å². The molecule has 2 aromatic heterocycles. The van der Waals surface area contributed by atoms with Crippen molar-refractivity contribution >= 4 is 20.0 Å². The van der Waals surface area contributed by atoms with Crippen LogP contribution in [0.3, 0.4) is 0 Å². The van der Waals surface area contributed by atoms with Crippen molar-refractivity contribution in [1.82, 2.24) is 19.5 Å². The highest BCUT2D eigenvalue weighted by atomic mass is 32.2. The molecule has 0 amide bonds. The standard InChI is InChI=1S/C17H21N5O5S2/c1-3-16-20-21-17(27-16)15-10-14(11-22(15)2)29(25,26)19-9-8-12-4-6-13(7-5-12)28(18,23)24/h4-7,10-11,19H,3,8-9H2,1-2H3,(H2,18,23,24). The van der Waals surface area contributed by atoms with E-state index in [1.165, 1.54) is 24.4 Å². The number of sulfonamides is 2. The zero-order chi connectivity index (χ0) is 21.2. The maximum atomic E-state index is 12.6. The summed E-state index contributed by atoms with van der Waals surface area (Å²) in [7, 11) is -5.81. The van der Waals surface area contributed by atoms with Gasteiger partial charge in [0.05, 0.1) is 4.90 Å². The fourth-order valence-corrected chi connectivity index (χ4v) is 4.27. The van der Waals surface area contributed by atoms with Crippen LogP contribution in [0.4, 0.5) is 0 Å². The molecule has 0 aliphatic heterocycles. The average molecular weight is 440 g/mol. The van der Waals surface area contributed by atoms with E-state index in [1.807, 2.05) is 6.92 Å². The first-order valence-electron chi connectivity index (χ1n) is 8.70. The fraction of sp³-hybridized carbons (Fsp3) is 0.294. The lowest BCUT2D eigenvalue weighted by Gasteiger charge is -2.06. The third kappa shape index (κ3) is 4.90. The second kappa shape index (κ2) is 8.06. The van der Waals surface area contributed by atoms with E-state index in [9.17, 15) is 16.8 Å². The molecule has 0 atom stereocenters. The van der Waals surface area contributed by atoms with Crippen LogP contribution in [0.5, 0.6) is 0 Å². The Morgan fingerprint density at radius 1 is 1.10 bits per heavy atom. The summed E-state index contributed by atoms with van der Waals surface area (Å²) in [5, 5.41) is 12.9. The van der Waals surface area contributed by atoms with Crippen LogP contribution >= 0.6 is 0 Å². The van der Waals surface area contributed by atoms with Crippen LogP contribution in [-0.2, 0) is 39.9 Å². The van der Waals surface area contributed by atoms with Gasteiger partial charge in [0.15, 0.2) is 0 Å². The highest BCUT2D eigenvalue weighted by Crippen LogP contribution is 2.23. The van der Waals surface area contributed by atoms with Gasteiger partial charge in [-0.05, 0) is 30.2 Å². The van der Waals surface area contributed by atoms with Gasteiger partial charge in [-0.1, -0.05) is 19.1 Å². The molecule has 2 heterocycles. The summed E-state index contributed by atoms with van der Waals surface area (Å²) in [6.45, 7) is 2.02. The van der Waals surface area contributed by atoms with Crippen molar-refractivity contribution in [1.29, 1.82) is 0 Å². The summed E-state index contributed by atoms with van der Waals surface area (Å²) in [6.07, 6.45) is 2.43. The number of rotatable bonds is 8. The van der Waals surface area contributed by atoms with Crippen molar-refractivity contribution in [3.63, 3.8) is 0 Å². The van der Waals surface area contributed by atoms with Crippen LogP contribution in [0, 0.1) is 0 Å². The third-order valence-corrected chi connectivity index (χ3v) is 6.59. The highest BCUT2D eigenvalue weighted by Gasteiger charge is 2.20. The molecule has 156 valence electrons. The smallest absolute Gasteiger partial charge is 0.264 e. The number of hydrogen-bond donors (Lipinski definition) is 2. The van der Waals surface area contributed by atoms with Crippen LogP contribution in [-0.4, -0.2) is 38.1 Å². The number of hydrogen-bond acceptors (Lipinski definition) is 7. The lowest BCUT2D eigenvalue weighted by molar-refractivity contribution is 0.509. The van der Waals surface area contributed by atoms with Crippen molar-refractivity contribution in [2.45, 2.75) is 29.6 Å². The molecule has 0 aliphatic carbocycles. The van der Waals surface area contributed by atoms with Gasteiger partial charge in [0, 0.05) is 26.2 Å². The van der Waals surface area contributed by atoms with Crippen molar-refractivity contribution in [3.8, 4) is 11.6 Å². The SMILES string of the molecule is CCc1nnc(-c2cc(S(=O)(=O)NCCc3ccc(S(N)(=O)=O)cc3)cn2C)o1. The van der Waals surface area contributed by atoms with E-state index in [2.05, 4.69) is 14.9 Å². The van der Waals surface area contributed by atoms with Gasteiger partial charge >= 0.3 is 0 Å². The van der Waals surface area contributed by atoms with Gasteiger partial charge in [0.2, 0.25) is 25.9 Å². The van der Waals surface area contributed by atoms with Crippen LogP contribution < -0.4 is 9.86 Å². The monoisotopic (exact) mass is 439 g/mol.